The SMILES string of the molecule is O=C(NCCC1=CCCCC1)[C@@H]1CC12CCN(Cc1ccc(O)c(Cl)c1)CC2. The maximum absolute atomic E-state index is 12.6. The molecule has 1 saturated heterocycles. The van der Waals surface area contributed by atoms with Gasteiger partial charge in [-0.2, -0.15) is 0 Å². The molecule has 2 fully saturated rings. The molecule has 3 aliphatic rings. The molecular weight excluding hydrogens is 372 g/mol. The van der Waals surface area contributed by atoms with Gasteiger partial charge in [0.25, 0.3) is 0 Å². The molecular formula is C23H31ClN2O2. The van der Waals surface area contributed by atoms with Crippen LogP contribution in [0.1, 0.15) is 56.9 Å². The molecule has 2 aliphatic carbocycles. The van der Waals surface area contributed by atoms with Crippen LogP contribution in [0.2, 0.25) is 5.02 Å². The average Bonchev–Trinajstić information content (AvgIpc) is 3.41. The minimum atomic E-state index is 0.134. The van der Waals surface area contributed by atoms with Crippen molar-refractivity contribution in [3.05, 3.63) is 40.4 Å². The molecule has 0 radical (unpaired) electrons. The number of halogens is 1. The van der Waals surface area contributed by atoms with Gasteiger partial charge in [0.15, 0.2) is 0 Å². The second kappa shape index (κ2) is 8.46. The number of carbonyl (C=O) groups excluding carboxylic acids is 1. The number of phenolic OH excluding ortho intramolecular Hbond substituents is 1. The first-order valence-electron chi connectivity index (χ1n) is 10.7. The number of hydrogen-bond donors (Lipinski definition) is 2. The number of amides is 1. The van der Waals surface area contributed by atoms with E-state index in [-0.39, 0.29) is 23.0 Å². The van der Waals surface area contributed by atoms with Crippen molar-refractivity contribution in [2.24, 2.45) is 11.3 Å². The molecule has 1 heterocycles. The Labute approximate surface area is 172 Å². The summed E-state index contributed by atoms with van der Waals surface area (Å²) in [7, 11) is 0. The molecule has 0 unspecified atom stereocenters. The molecule has 1 amide bonds. The molecule has 0 bridgehead atoms. The quantitative estimate of drug-likeness (QED) is 0.680. The summed E-state index contributed by atoms with van der Waals surface area (Å²) in [5.74, 6) is 0.628. The predicted molar refractivity (Wildman–Crippen MR) is 112 cm³/mol. The highest BCUT2D eigenvalue weighted by atomic mass is 35.5. The topological polar surface area (TPSA) is 52.6 Å². The standard InChI is InChI=1S/C23H31ClN2O2/c24-20-14-18(6-7-21(20)27)16-26-12-9-23(10-13-26)15-19(23)22(28)25-11-8-17-4-2-1-3-5-17/h4,6-7,14,19,27H,1-3,5,8-13,15-16H2,(H,25,28)/t19-/m0/s1. The smallest absolute Gasteiger partial charge is 0.223 e. The first kappa shape index (κ1) is 19.8. The van der Waals surface area contributed by atoms with Gasteiger partial charge >= 0.3 is 0 Å². The van der Waals surface area contributed by atoms with Crippen LogP contribution in [-0.4, -0.2) is 35.5 Å². The summed E-state index contributed by atoms with van der Waals surface area (Å²) in [6.07, 6.45) is 11.7. The van der Waals surface area contributed by atoms with Crippen molar-refractivity contribution < 1.29 is 9.90 Å². The lowest BCUT2D eigenvalue weighted by Crippen LogP contribution is -2.37. The molecule has 1 aromatic carbocycles. The van der Waals surface area contributed by atoms with Crippen LogP contribution < -0.4 is 5.32 Å². The van der Waals surface area contributed by atoms with Gasteiger partial charge < -0.3 is 10.4 Å². The summed E-state index contributed by atoms with van der Waals surface area (Å²) >= 11 is 6.02. The first-order chi connectivity index (χ1) is 13.6. The number of nitrogens with zero attached hydrogens (tertiary/aromatic N) is 1. The minimum Gasteiger partial charge on any atom is -0.506 e. The molecule has 1 spiro atoms. The van der Waals surface area contributed by atoms with Gasteiger partial charge in [0.05, 0.1) is 5.02 Å². The van der Waals surface area contributed by atoms with Gasteiger partial charge in [-0.05, 0) is 87.6 Å². The third-order valence-electron chi connectivity index (χ3n) is 6.91. The third kappa shape index (κ3) is 4.55. The van der Waals surface area contributed by atoms with Gasteiger partial charge in [-0.25, -0.2) is 0 Å². The summed E-state index contributed by atoms with van der Waals surface area (Å²) < 4.78 is 0. The number of allylic oxidation sites excluding steroid dienone is 1. The van der Waals surface area contributed by atoms with Crippen molar-refractivity contribution in [3.63, 3.8) is 0 Å². The maximum atomic E-state index is 12.6. The van der Waals surface area contributed by atoms with Gasteiger partial charge in [0, 0.05) is 19.0 Å². The van der Waals surface area contributed by atoms with Crippen LogP contribution in [0.25, 0.3) is 0 Å². The lowest BCUT2D eigenvalue weighted by atomic mass is 9.90. The van der Waals surface area contributed by atoms with E-state index in [1.807, 2.05) is 12.1 Å². The zero-order valence-corrected chi connectivity index (χ0v) is 17.3. The molecule has 2 N–H and O–H groups in total. The van der Waals surface area contributed by atoms with Crippen molar-refractivity contribution in [2.75, 3.05) is 19.6 Å². The number of rotatable bonds is 6. The van der Waals surface area contributed by atoms with E-state index in [4.69, 9.17) is 11.6 Å². The highest BCUT2D eigenvalue weighted by Crippen LogP contribution is 2.59. The Hall–Kier alpha value is -1.52. The van der Waals surface area contributed by atoms with E-state index in [1.54, 1.807) is 6.07 Å². The minimum absolute atomic E-state index is 0.134. The van der Waals surface area contributed by atoms with Crippen molar-refractivity contribution in [1.29, 1.82) is 0 Å². The molecule has 1 aromatic rings. The number of likely N-dealkylation sites (tertiary alicyclic amines) is 1. The van der Waals surface area contributed by atoms with Crippen molar-refractivity contribution in [2.45, 2.75) is 57.9 Å². The molecule has 4 rings (SSSR count). The lowest BCUT2D eigenvalue weighted by molar-refractivity contribution is -0.123. The molecule has 152 valence electrons. The van der Waals surface area contributed by atoms with Crippen molar-refractivity contribution in [1.82, 2.24) is 10.2 Å². The van der Waals surface area contributed by atoms with Gasteiger partial charge in [-0.15, -0.1) is 0 Å². The van der Waals surface area contributed by atoms with Crippen molar-refractivity contribution >= 4 is 17.5 Å². The normalized spacial score (nSPS) is 24.0. The monoisotopic (exact) mass is 402 g/mol. The number of nitrogens with one attached hydrogen (secondary N) is 1. The van der Waals surface area contributed by atoms with Gasteiger partial charge in [0.2, 0.25) is 5.91 Å². The number of benzene rings is 1. The molecule has 0 aromatic heterocycles. The van der Waals surface area contributed by atoms with Crippen LogP contribution in [0.3, 0.4) is 0 Å². The van der Waals surface area contributed by atoms with E-state index < -0.39 is 0 Å². The number of carbonyl (C=O) groups is 1. The molecule has 28 heavy (non-hydrogen) atoms. The van der Waals surface area contributed by atoms with E-state index >= 15 is 0 Å². The number of hydrogen-bond acceptors (Lipinski definition) is 3. The number of piperidine rings is 1. The summed E-state index contributed by atoms with van der Waals surface area (Å²) in [5, 5.41) is 13.2. The zero-order chi connectivity index (χ0) is 19.6. The maximum Gasteiger partial charge on any atom is 0.223 e. The van der Waals surface area contributed by atoms with Crippen LogP contribution in [-0.2, 0) is 11.3 Å². The Kier molecular flexibility index (Phi) is 5.98. The summed E-state index contributed by atoms with van der Waals surface area (Å²) in [4.78, 5) is 15.0. The first-order valence-corrected chi connectivity index (χ1v) is 11.1. The van der Waals surface area contributed by atoms with Crippen LogP contribution in [0.4, 0.5) is 0 Å². The third-order valence-corrected chi connectivity index (χ3v) is 7.21. The highest BCUT2D eigenvalue weighted by molar-refractivity contribution is 6.32. The molecule has 1 atom stereocenters. The summed E-state index contributed by atoms with van der Waals surface area (Å²) in [6, 6.07) is 5.44. The molecule has 4 nitrogen and oxygen atoms in total. The van der Waals surface area contributed by atoms with Crippen LogP contribution >= 0.6 is 11.6 Å². The Morgan fingerprint density at radius 2 is 2.11 bits per heavy atom. The second-order valence-corrected chi connectivity index (χ2v) is 9.24. The Balaban J connectivity index is 1.20. The highest BCUT2D eigenvalue weighted by Gasteiger charge is 2.58. The Morgan fingerprint density at radius 3 is 2.82 bits per heavy atom. The van der Waals surface area contributed by atoms with Crippen molar-refractivity contribution in [3.8, 4) is 5.75 Å². The molecule has 1 aliphatic heterocycles. The van der Waals surface area contributed by atoms with Crippen LogP contribution in [0.5, 0.6) is 5.75 Å². The largest absolute Gasteiger partial charge is 0.506 e. The van der Waals surface area contributed by atoms with E-state index in [0.29, 0.717) is 5.02 Å². The van der Waals surface area contributed by atoms with E-state index in [9.17, 15) is 9.90 Å². The van der Waals surface area contributed by atoms with E-state index in [1.165, 1.54) is 31.3 Å². The van der Waals surface area contributed by atoms with E-state index in [0.717, 1.165) is 57.4 Å². The predicted octanol–water partition coefficient (Wildman–Crippen LogP) is 4.65. The summed E-state index contributed by atoms with van der Waals surface area (Å²) in [5.41, 5.74) is 2.90. The molecule has 5 heteroatoms. The van der Waals surface area contributed by atoms with Gasteiger partial charge in [0.1, 0.15) is 5.75 Å². The number of aromatic hydroxyl groups is 1. The van der Waals surface area contributed by atoms with Gasteiger partial charge in [-0.1, -0.05) is 29.3 Å². The Bertz CT molecular complexity index is 753. The summed E-state index contributed by atoms with van der Waals surface area (Å²) in [6.45, 7) is 3.69. The second-order valence-electron chi connectivity index (χ2n) is 8.83. The fraction of sp³-hybridized carbons (Fsp3) is 0.609. The fourth-order valence-corrected chi connectivity index (χ4v) is 5.14. The fourth-order valence-electron chi connectivity index (χ4n) is 4.94. The number of phenols is 1. The Morgan fingerprint density at radius 1 is 1.29 bits per heavy atom. The van der Waals surface area contributed by atoms with Crippen LogP contribution in [0.15, 0.2) is 29.8 Å². The average molecular weight is 403 g/mol. The lowest BCUT2D eigenvalue weighted by Gasteiger charge is -2.32. The van der Waals surface area contributed by atoms with Crippen LogP contribution in [0, 0.1) is 11.3 Å². The molecule has 1 saturated carbocycles. The van der Waals surface area contributed by atoms with Gasteiger partial charge in [-0.3, -0.25) is 9.69 Å². The zero-order valence-electron chi connectivity index (χ0n) is 16.6. The van der Waals surface area contributed by atoms with E-state index in [2.05, 4.69) is 16.3 Å².